The Hall–Kier alpha value is -1.83. The van der Waals surface area contributed by atoms with Crippen LogP contribution in [0.15, 0.2) is 18.2 Å². The minimum Gasteiger partial charge on any atom is -0.395 e. The minimum atomic E-state index is -0.401. The van der Waals surface area contributed by atoms with Crippen molar-refractivity contribution in [2.45, 2.75) is 32.8 Å². The molecule has 1 aromatic rings. The Morgan fingerprint density at radius 2 is 2.14 bits per heavy atom. The molecular formula is C17H23NO3. The van der Waals surface area contributed by atoms with E-state index in [0.29, 0.717) is 18.5 Å². The molecule has 0 saturated carbocycles. The van der Waals surface area contributed by atoms with Gasteiger partial charge in [-0.25, -0.2) is 0 Å². The van der Waals surface area contributed by atoms with Gasteiger partial charge in [0.05, 0.1) is 12.2 Å². The van der Waals surface area contributed by atoms with E-state index in [0.717, 1.165) is 11.1 Å². The van der Waals surface area contributed by atoms with Crippen molar-refractivity contribution in [1.29, 1.82) is 0 Å². The Morgan fingerprint density at radius 3 is 2.76 bits per heavy atom. The van der Waals surface area contributed by atoms with Crippen molar-refractivity contribution in [1.82, 2.24) is 5.32 Å². The van der Waals surface area contributed by atoms with E-state index in [1.165, 1.54) is 0 Å². The van der Waals surface area contributed by atoms with Crippen molar-refractivity contribution in [3.05, 3.63) is 34.9 Å². The maximum atomic E-state index is 12.3. The van der Waals surface area contributed by atoms with Gasteiger partial charge in [-0.05, 0) is 38.5 Å². The van der Waals surface area contributed by atoms with Gasteiger partial charge in [-0.15, -0.1) is 0 Å². The second-order valence-corrected chi connectivity index (χ2v) is 5.40. The first kappa shape index (κ1) is 17.2. The first-order valence-corrected chi connectivity index (χ1v) is 6.94. The first-order chi connectivity index (χ1) is 9.91. The topological polar surface area (TPSA) is 58.6 Å². The molecule has 2 N–H and O–H groups in total. The van der Waals surface area contributed by atoms with E-state index in [9.17, 15) is 4.79 Å². The molecule has 21 heavy (non-hydrogen) atoms. The van der Waals surface area contributed by atoms with Gasteiger partial charge in [-0.1, -0.05) is 17.9 Å². The zero-order valence-corrected chi connectivity index (χ0v) is 13.1. The van der Waals surface area contributed by atoms with Crippen LogP contribution in [-0.2, 0) is 4.74 Å². The van der Waals surface area contributed by atoms with Crippen LogP contribution in [-0.4, -0.2) is 36.9 Å². The number of carbonyl (C=O) groups excluding carboxylic acids is 1. The Bertz CT molecular complexity index is 553. The summed E-state index contributed by atoms with van der Waals surface area (Å²) in [6.45, 7) is 6.17. The highest BCUT2D eigenvalue weighted by Gasteiger charge is 2.18. The van der Waals surface area contributed by atoms with E-state index < -0.39 is 5.60 Å². The molecule has 1 rings (SSSR count). The number of ether oxygens (including phenoxy) is 1. The molecule has 0 atom stereocenters. The standard InChI is InChI=1S/C17H23NO3/c1-13-14(8-5-6-11-19)9-7-10-15(13)16(20)18-12-17(2,3)21-4/h7,9-10,19H,6,11-12H2,1-4H3,(H,18,20). The maximum absolute atomic E-state index is 12.3. The molecule has 0 heterocycles. The molecule has 0 aromatic heterocycles. The molecule has 0 aliphatic rings. The van der Waals surface area contributed by atoms with E-state index in [-0.39, 0.29) is 12.5 Å². The van der Waals surface area contributed by atoms with Crippen LogP contribution in [0.1, 0.15) is 41.8 Å². The first-order valence-electron chi connectivity index (χ1n) is 6.94. The summed E-state index contributed by atoms with van der Waals surface area (Å²) in [6, 6.07) is 5.46. The summed E-state index contributed by atoms with van der Waals surface area (Å²) >= 11 is 0. The monoisotopic (exact) mass is 289 g/mol. The summed E-state index contributed by atoms with van der Waals surface area (Å²) < 4.78 is 5.28. The van der Waals surface area contributed by atoms with Gasteiger partial charge in [0.25, 0.3) is 5.91 Å². The van der Waals surface area contributed by atoms with Crippen LogP contribution in [0.4, 0.5) is 0 Å². The van der Waals surface area contributed by atoms with E-state index in [2.05, 4.69) is 17.2 Å². The number of benzene rings is 1. The lowest BCUT2D eigenvalue weighted by Crippen LogP contribution is -2.39. The maximum Gasteiger partial charge on any atom is 0.251 e. The largest absolute Gasteiger partial charge is 0.395 e. The number of amides is 1. The fourth-order valence-corrected chi connectivity index (χ4v) is 1.69. The Morgan fingerprint density at radius 1 is 1.43 bits per heavy atom. The fraction of sp³-hybridized carbons (Fsp3) is 0.471. The molecule has 0 saturated heterocycles. The molecule has 4 nitrogen and oxygen atoms in total. The molecule has 1 aromatic carbocycles. The summed E-state index contributed by atoms with van der Waals surface area (Å²) in [5.74, 6) is 5.71. The number of nitrogens with one attached hydrogen (secondary N) is 1. The molecule has 114 valence electrons. The summed E-state index contributed by atoms with van der Waals surface area (Å²) in [5, 5.41) is 11.6. The predicted molar refractivity (Wildman–Crippen MR) is 83.2 cm³/mol. The lowest BCUT2D eigenvalue weighted by Gasteiger charge is -2.23. The van der Waals surface area contributed by atoms with Crippen LogP contribution in [0.25, 0.3) is 0 Å². The van der Waals surface area contributed by atoms with Crippen molar-refractivity contribution in [3.8, 4) is 11.8 Å². The number of rotatable bonds is 5. The van der Waals surface area contributed by atoms with Crippen LogP contribution < -0.4 is 5.32 Å². The average molecular weight is 289 g/mol. The number of carbonyl (C=O) groups is 1. The van der Waals surface area contributed by atoms with Gasteiger partial charge >= 0.3 is 0 Å². The van der Waals surface area contributed by atoms with Gasteiger partial charge in [0, 0.05) is 31.2 Å². The Labute approximate surface area is 126 Å². The predicted octanol–water partition coefficient (Wildman–Crippen LogP) is 1.88. The van der Waals surface area contributed by atoms with Crippen molar-refractivity contribution in [2.24, 2.45) is 0 Å². The molecule has 0 unspecified atom stereocenters. The van der Waals surface area contributed by atoms with Crippen LogP contribution >= 0.6 is 0 Å². The quantitative estimate of drug-likeness (QED) is 0.814. The third-order valence-electron chi connectivity index (χ3n) is 3.27. The zero-order valence-electron chi connectivity index (χ0n) is 13.1. The second-order valence-electron chi connectivity index (χ2n) is 5.40. The van der Waals surface area contributed by atoms with Gasteiger partial charge in [0.1, 0.15) is 0 Å². The lowest BCUT2D eigenvalue weighted by atomic mass is 10.0. The summed E-state index contributed by atoms with van der Waals surface area (Å²) in [4.78, 5) is 12.3. The smallest absolute Gasteiger partial charge is 0.251 e. The Kier molecular flexibility index (Phi) is 6.41. The lowest BCUT2D eigenvalue weighted by molar-refractivity contribution is 0.0228. The highest BCUT2D eigenvalue weighted by molar-refractivity contribution is 5.96. The van der Waals surface area contributed by atoms with Gasteiger partial charge in [-0.2, -0.15) is 0 Å². The molecule has 0 fully saturated rings. The minimum absolute atomic E-state index is 0.0400. The van der Waals surface area contributed by atoms with Gasteiger partial charge in [0.15, 0.2) is 0 Å². The number of aliphatic hydroxyl groups excluding tert-OH is 1. The SMILES string of the molecule is COC(C)(C)CNC(=O)c1cccc(C#CCCO)c1C. The van der Waals surface area contributed by atoms with Crippen molar-refractivity contribution >= 4 is 5.91 Å². The van der Waals surface area contributed by atoms with Crippen LogP contribution in [0.3, 0.4) is 0 Å². The van der Waals surface area contributed by atoms with Crippen LogP contribution in [0.2, 0.25) is 0 Å². The molecule has 0 aliphatic heterocycles. The molecule has 0 aliphatic carbocycles. The zero-order chi connectivity index (χ0) is 15.9. The molecule has 0 bridgehead atoms. The summed E-state index contributed by atoms with van der Waals surface area (Å²) in [5.41, 5.74) is 1.86. The fourth-order valence-electron chi connectivity index (χ4n) is 1.69. The molecule has 4 heteroatoms. The van der Waals surface area contributed by atoms with Crippen molar-refractivity contribution in [3.63, 3.8) is 0 Å². The highest BCUT2D eigenvalue weighted by atomic mass is 16.5. The molecular weight excluding hydrogens is 266 g/mol. The summed E-state index contributed by atoms with van der Waals surface area (Å²) in [6.07, 6.45) is 0.428. The normalized spacial score (nSPS) is 10.7. The van der Waals surface area contributed by atoms with Gasteiger partial charge < -0.3 is 15.2 Å². The number of aliphatic hydroxyl groups is 1. The Balaban J connectivity index is 2.87. The van der Waals surface area contributed by atoms with E-state index >= 15 is 0 Å². The van der Waals surface area contributed by atoms with Gasteiger partial charge in [0.2, 0.25) is 0 Å². The third kappa shape index (κ3) is 5.22. The number of methoxy groups -OCH3 is 1. The average Bonchev–Trinajstić information content (AvgIpc) is 2.47. The molecule has 1 amide bonds. The van der Waals surface area contributed by atoms with E-state index in [1.54, 1.807) is 13.2 Å². The molecule has 0 radical (unpaired) electrons. The van der Waals surface area contributed by atoms with Crippen LogP contribution in [0.5, 0.6) is 0 Å². The van der Waals surface area contributed by atoms with Crippen molar-refractivity contribution < 1.29 is 14.6 Å². The number of hydrogen-bond acceptors (Lipinski definition) is 3. The highest BCUT2D eigenvalue weighted by Crippen LogP contribution is 2.13. The number of hydrogen-bond donors (Lipinski definition) is 2. The summed E-state index contributed by atoms with van der Waals surface area (Å²) in [7, 11) is 1.62. The van der Waals surface area contributed by atoms with E-state index in [4.69, 9.17) is 9.84 Å². The second kappa shape index (κ2) is 7.82. The van der Waals surface area contributed by atoms with Gasteiger partial charge in [-0.3, -0.25) is 4.79 Å². The van der Waals surface area contributed by atoms with Crippen LogP contribution in [0, 0.1) is 18.8 Å². The third-order valence-corrected chi connectivity index (χ3v) is 3.27. The van der Waals surface area contributed by atoms with E-state index in [1.807, 2.05) is 32.9 Å². The van der Waals surface area contributed by atoms with Crippen molar-refractivity contribution in [2.75, 3.05) is 20.3 Å². The molecule has 0 spiro atoms.